The van der Waals surface area contributed by atoms with Crippen LogP contribution in [0, 0.1) is 6.92 Å². The van der Waals surface area contributed by atoms with Gasteiger partial charge in [-0.3, -0.25) is 4.79 Å². The molecule has 0 radical (unpaired) electrons. The SMILES string of the molecule is CCSc1cc(=O)c2cc(C)cc(C(C)N[S+]([O-])C(C)(C)C)c2o1. The molecule has 0 saturated carbocycles. The summed E-state index contributed by atoms with van der Waals surface area (Å²) in [4.78, 5) is 12.4. The van der Waals surface area contributed by atoms with Crippen LogP contribution in [0.2, 0.25) is 0 Å². The zero-order valence-electron chi connectivity index (χ0n) is 15.1. The van der Waals surface area contributed by atoms with Crippen LogP contribution >= 0.6 is 11.8 Å². The van der Waals surface area contributed by atoms with Crippen molar-refractivity contribution in [2.24, 2.45) is 0 Å². The lowest BCUT2D eigenvalue weighted by Gasteiger charge is -2.27. The van der Waals surface area contributed by atoms with Crippen molar-refractivity contribution in [2.75, 3.05) is 5.75 Å². The van der Waals surface area contributed by atoms with Crippen molar-refractivity contribution in [3.8, 4) is 0 Å². The van der Waals surface area contributed by atoms with Crippen LogP contribution in [0.3, 0.4) is 0 Å². The molecule has 0 aliphatic heterocycles. The number of hydrogen-bond donors (Lipinski definition) is 1. The summed E-state index contributed by atoms with van der Waals surface area (Å²) in [5, 5.41) is 1.19. The highest BCUT2D eigenvalue weighted by atomic mass is 32.2. The van der Waals surface area contributed by atoms with Gasteiger partial charge >= 0.3 is 0 Å². The van der Waals surface area contributed by atoms with Gasteiger partial charge < -0.3 is 8.97 Å². The summed E-state index contributed by atoms with van der Waals surface area (Å²) in [7, 11) is 0. The van der Waals surface area contributed by atoms with E-state index in [1.807, 2.05) is 53.7 Å². The minimum Gasteiger partial charge on any atom is -0.598 e. The minimum absolute atomic E-state index is 0.0405. The Balaban J connectivity index is 2.54. The average molecular weight is 368 g/mol. The van der Waals surface area contributed by atoms with Crippen molar-refractivity contribution < 1.29 is 8.97 Å². The predicted molar refractivity (Wildman–Crippen MR) is 103 cm³/mol. The van der Waals surface area contributed by atoms with Crippen LogP contribution in [0.5, 0.6) is 0 Å². The molecule has 24 heavy (non-hydrogen) atoms. The van der Waals surface area contributed by atoms with Crippen LogP contribution < -0.4 is 10.2 Å². The van der Waals surface area contributed by atoms with Crippen LogP contribution in [-0.4, -0.2) is 15.1 Å². The molecule has 1 N–H and O–H groups in total. The molecule has 1 aromatic carbocycles. The van der Waals surface area contributed by atoms with Crippen LogP contribution in [0.1, 0.15) is 51.8 Å². The Morgan fingerprint density at radius 3 is 2.58 bits per heavy atom. The molecule has 1 heterocycles. The molecule has 4 nitrogen and oxygen atoms in total. The fourth-order valence-electron chi connectivity index (χ4n) is 2.35. The quantitative estimate of drug-likeness (QED) is 0.629. The molecule has 2 atom stereocenters. The third-order valence-electron chi connectivity index (χ3n) is 3.57. The molecule has 0 bridgehead atoms. The number of fused-ring (bicyclic) bond motifs is 1. The van der Waals surface area contributed by atoms with Gasteiger partial charge in [-0.2, -0.15) is 0 Å². The van der Waals surface area contributed by atoms with Crippen LogP contribution in [-0.2, 0) is 11.4 Å². The molecule has 0 aliphatic carbocycles. The zero-order chi connectivity index (χ0) is 18.1. The summed E-state index contributed by atoms with van der Waals surface area (Å²) in [6, 6.07) is 5.18. The minimum atomic E-state index is -1.21. The first-order chi connectivity index (χ1) is 11.1. The Morgan fingerprint density at radius 1 is 1.33 bits per heavy atom. The molecule has 2 aromatic rings. The summed E-state index contributed by atoms with van der Waals surface area (Å²) >= 11 is 0.293. The van der Waals surface area contributed by atoms with E-state index in [4.69, 9.17) is 4.42 Å². The second kappa shape index (κ2) is 7.52. The third-order valence-corrected chi connectivity index (χ3v) is 6.03. The molecule has 6 heteroatoms. The van der Waals surface area contributed by atoms with Gasteiger partial charge in [-0.25, -0.2) is 0 Å². The van der Waals surface area contributed by atoms with E-state index in [0.29, 0.717) is 16.1 Å². The van der Waals surface area contributed by atoms with E-state index in [-0.39, 0.29) is 16.2 Å². The normalized spacial score (nSPS) is 14.8. The van der Waals surface area contributed by atoms with E-state index in [0.717, 1.165) is 16.9 Å². The molecule has 2 unspecified atom stereocenters. The van der Waals surface area contributed by atoms with Crippen molar-refractivity contribution in [2.45, 2.75) is 57.4 Å². The fourth-order valence-corrected chi connectivity index (χ4v) is 3.77. The molecule has 132 valence electrons. The Morgan fingerprint density at radius 2 is 2.00 bits per heavy atom. The highest BCUT2D eigenvalue weighted by molar-refractivity contribution is 7.99. The second-order valence-corrected chi connectivity index (χ2v) is 10.1. The number of rotatable bonds is 5. The number of hydrogen-bond acceptors (Lipinski definition) is 5. The lowest BCUT2D eigenvalue weighted by Crippen LogP contribution is -2.40. The molecular formula is C18H25NO3S2. The second-order valence-electron chi connectivity index (χ2n) is 6.81. The van der Waals surface area contributed by atoms with Crippen molar-refractivity contribution in [3.63, 3.8) is 0 Å². The summed E-state index contributed by atoms with van der Waals surface area (Å²) in [6.07, 6.45) is 0. The van der Waals surface area contributed by atoms with Gasteiger partial charge in [0.2, 0.25) is 0 Å². The first kappa shape index (κ1) is 19.4. The van der Waals surface area contributed by atoms with Crippen molar-refractivity contribution >= 4 is 34.1 Å². The van der Waals surface area contributed by atoms with Gasteiger partial charge in [0.25, 0.3) is 0 Å². The van der Waals surface area contributed by atoms with Crippen molar-refractivity contribution in [3.05, 3.63) is 39.5 Å². The van der Waals surface area contributed by atoms with E-state index in [1.165, 1.54) is 11.8 Å². The number of aryl methyl sites for hydroxylation is 1. The van der Waals surface area contributed by atoms with Gasteiger partial charge in [-0.05, 0) is 52.0 Å². The summed E-state index contributed by atoms with van der Waals surface area (Å²) in [5.74, 6) is 0.831. The van der Waals surface area contributed by atoms with Gasteiger partial charge in [-0.15, -0.1) is 4.72 Å². The van der Waals surface area contributed by atoms with E-state index >= 15 is 0 Å². The van der Waals surface area contributed by atoms with Gasteiger partial charge in [0, 0.05) is 23.0 Å². The Kier molecular flexibility index (Phi) is 6.07. The van der Waals surface area contributed by atoms with Crippen LogP contribution in [0.25, 0.3) is 11.0 Å². The monoisotopic (exact) mass is 367 g/mol. The summed E-state index contributed by atoms with van der Waals surface area (Å²) in [6.45, 7) is 11.7. The highest BCUT2D eigenvalue weighted by Gasteiger charge is 2.29. The first-order valence-corrected chi connectivity index (χ1v) is 10.2. The maximum absolute atomic E-state index is 12.4. The summed E-state index contributed by atoms with van der Waals surface area (Å²) < 4.78 is 21.2. The van der Waals surface area contributed by atoms with Crippen LogP contribution in [0.15, 0.2) is 32.5 Å². The molecule has 0 fully saturated rings. The molecule has 2 rings (SSSR count). The smallest absolute Gasteiger partial charge is 0.193 e. The third kappa shape index (κ3) is 4.36. The molecular weight excluding hydrogens is 342 g/mol. The van der Waals surface area contributed by atoms with Gasteiger partial charge in [0.15, 0.2) is 10.5 Å². The van der Waals surface area contributed by atoms with E-state index < -0.39 is 11.4 Å². The fraction of sp³-hybridized carbons (Fsp3) is 0.500. The topological polar surface area (TPSA) is 65.3 Å². The van der Waals surface area contributed by atoms with Gasteiger partial charge in [-0.1, -0.05) is 24.8 Å². The van der Waals surface area contributed by atoms with Gasteiger partial charge in [0.05, 0.1) is 11.4 Å². The number of thioether (sulfide) groups is 1. The zero-order valence-corrected chi connectivity index (χ0v) is 16.7. The summed E-state index contributed by atoms with van der Waals surface area (Å²) in [5.41, 5.74) is 2.38. The highest BCUT2D eigenvalue weighted by Crippen LogP contribution is 2.29. The maximum Gasteiger partial charge on any atom is 0.193 e. The largest absolute Gasteiger partial charge is 0.598 e. The number of benzene rings is 1. The predicted octanol–water partition coefficient (Wildman–Crippen LogP) is 4.33. The van der Waals surface area contributed by atoms with Crippen LogP contribution in [0.4, 0.5) is 0 Å². The number of nitrogens with one attached hydrogen (secondary N) is 1. The van der Waals surface area contributed by atoms with Crippen molar-refractivity contribution in [1.82, 2.24) is 4.72 Å². The lowest BCUT2D eigenvalue weighted by molar-refractivity contribution is 0.490. The van der Waals surface area contributed by atoms with Crippen molar-refractivity contribution in [1.29, 1.82) is 0 Å². The maximum atomic E-state index is 12.4. The standard InChI is InChI=1S/C18H25NO3S2/c1-7-23-16-10-15(20)14-9-11(2)8-13(17(14)22-16)12(3)19-24(21)18(4,5)6/h8-10,12,19H,7H2,1-6H3. The molecule has 0 spiro atoms. The van der Waals surface area contributed by atoms with E-state index in [2.05, 4.69) is 4.72 Å². The molecule has 1 aromatic heterocycles. The average Bonchev–Trinajstić information content (AvgIpc) is 2.46. The Labute approximate surface area is 150 Å². The molecule has 0 saturated heterocycles. The van der Waals surface area contributed by atoms with E-state index in [9.17, 15) is 9.35 Å². The van der Waals surface area contributed by atoms with E-state index in [1.54, 1.807) is 6.07 Å². The first-order valence-electron chi connectivity index (χ1n) is 8.02. The molecule has 0 amide bonds. The molecule has 0 aliphatic rings. The van der Waals surface area contributed by atoms with Gasteiger partial charge in [0.1, 0.15) is 10.3 Å². The lowest BCUT2D eigenvalue weighted by atomic mass is 10.0. The Hall–Kier alpha value is -0.950. The Bertz CT molecular complexity index is 780.